The average molecular weight is 303 g/mol. The van der Waals surface area contributed by atoms with Gasteiger partial charge < -0.3 is 13.9 Å². The number of ether oxygens (including phenoxy) is 2. The number of nitrogens with zero attached hydrogens (tertiary/aromatic N) is 2. The van der Waals surface area contributed by atoms with Gasteiger partial charge in [0.1, 0.15) is 6.61 Å². The average Bonchev–Trinajstić information content (AvgIpc) is 3.01. The molecule has 0 fully saturated rings. The van der Waals surface area contributed by atoms with Gasteiger partial charge in [-0.25, -0.2) is 0 Å². The second-order valence-corrected chi connectivity index (χ2v) is 4.96. The van der Waals surface area contributed by atoms with Gasteiger partial charge in [0.25, 0.3) is 5.89 Å². The number of benzene rings is 1. The Morgan fingerprint density at radius 2 is 2.14 bits per heavy atom. The molecule has 1 aliphatic heterocycles. The fraction of sp³-hybridized carbons (Fsp3) is 0.400. The minimum atomic E-state index is -0.483. The van der Waals surface area contributed by atoms with E-state index in [1.165, 1.54) is 0 Å². The van der Waals surface area contributed by atoms with Crippen LogP contribution in [0.1, 0.15) is 38.2 Å². The van der Waals surface area contributed by atoms with Crippen molar-refractivity contribution in [2.75, 3.05) is 11.9 Å². The van der Waals surface area contributed by atoms with Crippen LogP contribution >= 0.6 is 0 Å². The van der Waals surface area contributed by atoms with E-state index in [0.717, 1.165) is 12.8 Å². The number of rotatable bonds is 5. The van der Waals surface area contributed by atoms with E-state index in [9.17, 15) is 4.79 Å². The van der Waals surface area contributed by atoms with Crippen molar-refractivity contribution in [2.24, 2.45) is 0 Å². The Labute approximate surface area is 127 Å². The number of para-hydroxylation sites is 2. The molecule has 1 aromatic heterocycles. The summed E-state index contributed by atoms with van der Waals surface area (Å²) in [5.41, 5.74) is 0. The number of anilines is 1. The fourth-order valence-corrected chi connectivity index (χ4v) is 2.08. The van der Waals surface area contributed by atoms with Crippen molar-refractivity contribution in [1.82, 2.24) is 10.2 Å². The zero-order chi connectivity index (χ0) is 15.4. The summed E-state index contributed by atoms with van der Waals surface area (Å²) in [6, 6.07) is 7.46. The lowest BCUT2D eigenvalue weighted by Gasteiger charge is -2.23. The maximum absolute atomic E-state index is 11.6. The number of hydrogen-bond donors (Lipinski definition) is 1. The minimum absolute atomic E-state index is 0.0820. The molecule has 0 unspecified atom stereocenters. The van der Waals surface area contributed by atoms with Gasteiger partial charge in [-0.3, -0.25) is 10.1 Å². The molecule has 7 nitrogen and oxygen atoms in total. The van der Waals surface area contributed by atoms with Crippen LogP contribution in [0.5, 0.6) is 11.5 Å². The van der Waals surface area contributed by atoms with Gasteiger partial charge in [-0.1, -0.05) is 30.6 Å². The summed E-state index contributed by atoms with van der Waals surface area (Å²) in [6.07, 6.45) is 1.73. The highest BCUT2D eigenvalue weighted by Crippen LogP contribution is 2.35. The van der Waals surface area contributed by atoms with E-state index >= 15 is 0 Å². The van der Waals surface area contributed by atoms with Crippen LogP contribution in [0.3, 0.4) is 0 Å². The van der Waals surface area contributed by atoms with Gasteiger partial charge in [0, 0.05) is 6.42 Å². The van der Waals surface area contributed by atoms with Crippen LogP contribution in [0.25, 0.3) is 0 Å². The van der Waals surface area contributed by atoms with Crippen LogP contribution in [0, 0.1) is 0 Å². The van der Waals surface area contributed by atoms with Gasteiger partial charge in [-0.05, 0) is 18.6 Å². The Kier molecular flexibility index (Phi) is 4.22. The van der Waals surface area contributed by atoms with Crippen molar-refractivity contribution in [3.8, 4) is 11.5 Å². The van der Waals surface area contributed by atoms with Gasteiger partial charge in [0.2, 0.25) is 12.0 Å². The lowest BCUT2D eigenvalue weighted by molar-refractivity contribution is -0.116. The van der Waals surface area contributed by atoms with Crippen molar-refractivity contribution in [3.63, 3.8) is 0 Å². The first-order chi connectivity index (χ1) is 10.8. The third-order valence-electron chi connectivity index (χ3n) is 3.23. The maximum atomic E-state index is 11.6. The van der Waals surface area contributed by atoms with E-state index in [0.29, 0.717) is 17.9 Å². The van der Waals surface area contributed by atoms with Crippen LogP contribution in [0.2, 0.25) is 0 Å². The Morgan fingerprint density at radius 1 is 1.32 bits per heavy atom. The number of carbonyl (C=O) groups is 1. The molecule has 1 atom stereocenters. The SMILES string of the molecule is CCCCC(=O)Nc1nnc([C@@H]2COc3ccccc3O2)o1. The first-order valence-corrected chi connectivity index (χ1v) is 7.28. The topological polar surface area (TPSA) is 86.5 Å². The van der Waals surface area contributed by atoms with E-state index in [2.05, 4.69) is 15.5 Å². The molecule has 0 saturated heterocycles. The molecule has 2 aromatic rings. The summed E-state index contributed by atoms with van der Waals surface area (Å²) in [6.45, 7) is 2.30. The minimum Gasteiger partial charge on any atom is -0.485 e. The first-order valence-electron chi connectivity index (χ1n) is 7.28. The van der Waals surface area contributed by atoms with E-state index in [-0.39, 0.29) is 24.4 Å². The summed E-state index contributed by atoms with van der Waals surface area (Å²) >= 11 is 0. The van der Waals surface area contributed by atoms with E-state index in [1.54, 1.807) is 0 Å². The summed E-state index contributed by atoms with van der Waals surface area (Å²) in [7, 11) is 0. The molecule has 2 heterocycles. The Balaban J connectivity index is 1.64. The fourth-order valence-electron chi connectivity index (χ4n) is 2.08. The van der Waals surface area contributed by atoms with E-state index in [4.69, 9.17) is 13.9 Å². The Morgan fingerprint density at radius 3 is 2.95 bits per heavy atom. The number of carbonyl (C=O) groups excluding carboxylic acids is 1. The van der Waals surface area contributed by atoms with Gasteiger partial charge in [0.15, 0.2) is 11.5 Å². The molecule has 7 heteroatoms. The first kappa shape index (κ1) is 14.4. The molecule has 0 aliphatic carbocycles. The third-order valence-corrected chi connectivity index (χ3v) is 3.23. The summed E-state index contributed by atoms with van der Waals surface area (Å²) in [5, 5.41) is 10.3. The molecule has 1 amide bonds. The van der Waals surface area contributed by atoms with Crippen molar-refractivity contribution < 1.29 is 18.7 Å². The number of fused-ring (bicyclic) bond motifs is 1. The second-order valence-electron chi connectivity index (χ2n) is 4.96. The Hall–Kier alpha value is -2.57. The maximum Gasteiger partial charge on any atom is 0.322 e. The summed E-state index contributed by atoms with van der Waals surface area (Å²) in [4.78, 5) is 11.6. The number of nitrogens with one attached hydrogen (secondary N) is 1. The predicted molar refractivity (Wildman–Crippen MR) is 77.8 cm³/mol. The molecular weight excluding hydrogens is 286 g/mol. The predicted octanol–water partition coefficient (Wildman–Crippen LogP) is 2.71. The van der Waals surface area contributed by atoms with Crippen LogP contribution < -0.4 is 14.8 Å². The zero-order valence-corrected chi connectivity index (χ0v) is 12.2. The molecule has 0 saturated carbocycles. The molecule has 0 spiro atoms. The smallest absolute Gasteiger partial charge is 0.322 e. The molecule has 3 rings (SSSR count). The van der Waals surface area contributed by atoms with Crippen LogP contribution in [-0.4, -0.2) is 22.7 Å². The lowest BCUT2D eigenvalue weighted by Crippen LogP contribution is -2.21. The van der Waals surface area contributed by atoms with Crippen LogP contribution in [-0.2, 0) is 4.79 Å². The van der Waals surface area contributed by atoms with Crippen molar-refractivity contribution in [1.29, 1.82) is 0 Å². The van der Waals surface area contributed by atoms with Gasteiger partial charge in [0.05, 0.1) is 0 Å². The Bertz CT molecular complexity index is 656. The monoisotopic (exact) mass is 303 g/mol. The van der Waals surface area contributed by atoms with Gasteiger partial charge in [-0.15, -0.1) is 5.10 Å². The van der Waals surface area contributed by atoms with Crippen molar-refractivity contribution >= 4 is 11.9 Å². The van der Waals surface area contributed by atoms with Crippen LogP contribution in [0.4, 0.5) is 6.01 Å². The second kappa shape index (κ2) is 6.46. The van der Waals surface area contributed by atoms with Gasteiger partial charge >= 0.3 is 6.01 Å². The summed E-state index contributed by atoms with van der Waals surface area (Å²) < 4.78 is 16.8. The highest BCUT2D eigenvalue weighted by molar-refractivity contribution is 5.88. The summed E-state index contributed by atoms with van der Waals surface area (Å²) in [5.74, 6) is 1.46. The highest BCUT2D eigenvalue weighted by atomic mass is 16.6. The molecule has 116 valence electrons. The quantitative estimate of drug-likeness (QED) is 0.914. The van der Waals surface area contributed by atoms with Crippen molar-refractivity contribution in [3.05, 3.63) is 30.2 Å². The van der Waals surface area contributed by atoms with Crippen LogP contribution in [0.15, 0.2) is 28.7 Å². The largest absolute Gasteiger partial charge is 0.485 e. The highest BCUT2D eigenvalue weighted by Gasteiger charge is 2.27. The van der Waals surface area contributed by atoms with Crippen molar-refractivity contribution in [2.45, 2.75) is 32.3 Å². The number of aromatic nitrogens is 2. The number of amides is 1. The molecule has 0 bridgehead atoms. The number of unbranched alkanes of at least 4 members (excludes halogenated alkanes) is 1. The van der Waals surface area contributed by atoms with E-state index < -0.39 is 6.10 Å². The lowest BCUT2D eigenvalue weighted by atomic mass is 10.2. The molecule has 1 aliphatic rings. The molecule has 1 N–H and O–H groups in total. The normalized spacial score (nSPS) is 16.3. The molecule has 1 aromatic carbocycles. The molecule has 22 heavy (non-hydrogen) atoms. The molecular formula is C15H17N3O4. The van der Waals surface area contributed by atoms with Gasteiger partial charge in [-0.2, -0.15) is 0 Å². The number of hydrogen-bond acceptors (Lipinski definition) is 6. The standard InChI is InChI=1S/C15H17N3O4/c1-2-3-8-13(19)16-15-18-17-14(22-15)12-9-20-10-6-4-5-7-11(10)21-12/h4-7,12H,2-3,8-9H2,1H3,(H,16,18,19)/t12-/m0/s1. The molecule has 0 radical (unpaired) electrons. The zero-order valence-electron chi connectivity index (χ0n) is 12.2. The third kappa shape index (κ3) is 3.19. The van der Waals surface area contributed by atoms with E-state index in [1.807, 2.05) is 31.2 Å².